The van der Waals surface area contributed by atoms with Crippen LogP contribution >= 0.6 is 12.2 Å². The van der Waals surface area contributed by atoms with Crippen LogP contribution in [0, 0.1) is 6.92 Å². The van der Waals surface area contributed by atoms with Crippen molar-refractivity contribution in [1.82, 2.24) is 14.9 Å². The zero-order chi connectivity index (χ0) is 24.4. The summed E-state index contributed by atoms with van der Waals surface area (Å²) in [5.74, 6) is -0.178. The largest absolute Gasteiger partial charge is 0.375 e. The average Bonchev–Trinajstić information content (AvgIpc) is 3.61. The van der Waals surface area contributed by atoms with Gasteiger partial charge >= 0.3 is 0 Å². The zero-order valence-electron chi connectivity index (χ0n) is 20.1. The molecule has 7 nitrogen and oxygen atoms in total. The van der Waals surface area contributed by atoms with Crippen LogP contribution < -0.4 is 15.5 Å². The smallest absolute Gasteiger partial charge is 0.250 e. The van der Waals surface area contributed by atoms with Crippen molar-refractivity contribution in [2.75, 3.05) is 23.9 Å². The van der Waals surface area contributed by atoms with Crippen molar-refractivity contribution in [3.05, 3.63) is 77.9 Å². The SMILES string of the molecule is COCC(=O)Nc1ccc(N2C(=S)N[C@H](c3ccccn3)[C@H]2c2ccn(C3CCCC3)c2)cc1C. The van der Waals surface area contributed by atoms with Gasteiger partial charge in [0.15, 0.2) is 5.11 Å². The summed E-state index contributed by atoms with van der Waals surface area (Å²) in [5, 5.41) is 7.10. The first kappa shape index (κ1) is 23.5. The van der Waals surface area contributed by atoms with E-state index in [4.69, 9.17) is 17.0 Å². The number of methoxy groups -OCH3 is 1. The number of ether oxygens (including phenoxy) is 1. The molecule has 0 radical (unpaired) electrons. The lowest BCUT2D eigenvalue weighted by atomic mass is 9.98. The van der Waals surface area contributed by atoms with E-state index in [1.807, 2.05) is 43.5 Å². The van der Waals surface area contributed by atoms with Gasteiger partial charge in [-0.1, -0.05) is 18.9 Å². The first-order chi connectivity index (χ1) is 17.0. The molecule has 8 heteroatoms. The Morgan fingerprint density at radius 2 is 2.06 bits per heavy atom. The molecular formula is C27H31N5O2S. The van der Waals surface area contributed by atoms with Gasteiger partial charge in [0.25, 0.3) is 0 Å². The van der Waals surface area contributed by atoms with E-state index < -0.39 is 0 Å². The molecule has 1 aromatic carbocycles. The highest BCUT2D eigenvalue weighted by atomic mass is 32.1. The lowest BCUT2D eigenvalue weighted by Gasteiger charge is -2.28. The Balaban J connectivity index is 1.50. The number of anilines is 2. The third-order valence-electron chi connectivity index (χ3n) is 6.96. The molecule has 182 valence electrons. The lowest BCUT2D eigenvalue weighted by molar-refractivity contribution is -0.119. The van der Waals surface area contributed by atoms with Crippen molar-refractivity contribution in [3.8, 4) is 0 Å². The van der Waals surface area contributed by atoms with Gasteiger partial charge in [-0.2, -0.15) is 0 Å². The maximum Gasteiger partial charge on any atom is 0.250 e. The molecule has 1 amide bonds. The number of rotatable bonds is 7. The number of carbonyl (C=O) groups is 1. The highest BCUT2D eigenvalue weighted by Crippen LogP contribution is 2.43. The van der Waals surface area contributed by atoms with Crippen molar-refractivity contribution in [3.63, 3.8) is 0 Å². The summed E-state index contributed by atoms with van der Waals surface area (Å²) in [5.41, 5.74) is 4.85. The van der Waals surface area contributed by atoms with Gasteiger partial charge < -0.3 is 24.8 Å². The van der Waals surface area contributed by atoms with E-state index in [1.165, 1.54) is 38.4 Å². The molecule has 5 rings (SSSR count). The van der Waals surface area contributed by atoms with E-state index in [2.05, 4.69) is 49.6 Å². The minimum absolute atomic E-state index is 0.0210. The third kappa shape index (κ3) is 4.81. The van der Waals surface area contributed by atoms with Crippen LogP contribution in [0.5, 0.6) is 0 Å². The second kappa shape index (κ2) is 10.2. The summed E-state index contributed by atoms with van der Waals surface area (Å²) in [6.45, 7) is 2.01. The molecule has 2 aromatic heterocycles. The van der Waals surface area contributed by atoms with Crippen molar-refractivity contribution in [2.45, 2.75) is 50.7 Å². The number of hydrogen-bond donors (Lipinski definition) is 2. The highest BCUT2D eigenvalue weighted by molar-refractivity contribution is 7.80. The van der Waals surface area contributed by atoms with Crippen LogP contribution in [0.4, 0.5) is 11.4 Å². The van der Waals surface area contributed by atoms with Gasteiger partial charge in [-0.05, 0) is 79.5 Å². The fraction of sp³-hybridized carbons (Fsp3) is 0.370. The first-order valence-electron chi connectivity index (χ1n) is 12.1. The number of benzene rings is 1. The number of amides is 1. The van der Waals surface area contributed by atoms with Crippen molar-refractivity contribution in [2.24, 2.45) is 0 Å². The highest BCUT2D eigenvalue weighted by Gasteiger charge is 2.41. The Bertz CT molecular complexity index is 1210. The van der Waals surface area contributed by atoms with Crippen LogP contribution in [0.25, 0.3) is 0 Å². The molecule has 0 bridgehead atoms. The molecule has 3 aromatic rings. The molecule has 0 unspecified atom stereocenters. The summed E-state index contributed by atoms with van der Waals surface area (Å²) in [4.78, 5) is 18.8. The van der Waals surface area contributed by atoms with Crippen molar-refractivity contribution in [1.29, 1.82) is 0 Å². The number of carbonyl (C=O) groups excluding carboxylic acids is 1. The molecule has 1 saturated carbocycles. The van der Waals surface area contributed by atoms with Gasteiger partial charge in [-0.25, -0.2) is 0 Å². The predicted molar refractivity (Wildman–Crippen MR) is 142 cm³/mol. The normalized spacial score (nSPS) is 20.3. The van der Waals surface area contributed by atoms with Gasteiger partial charge in [-0.15, -0.1) is 0 Å². The second-order valence-corrected chi connectivity index (χ2v) is 9.69. The molecule has 2 atom stereocenters. The number of thiocarbonyl (C=S) groups is 1. The van der Waals surface area contributed by atoms with Gasteiger partial charge in [0.05, 0.1) is 17.8 Å². The van der Waals surface area contributed by atoms with E-state index in [0.717, 1.165) is 22.6 Å². The maximum atomic E-state index is 12.0. The molecular weight excluding hydrogens is 458 g/mol. The Hall–Kier alpha value is -3.23. The topological polar surface area (TPSA) is 71.4 Å². The van der Waals surface area contributed by atoms with Crippen LogP contribution in [0.15, 0.2) is 61.1 Å². The molecule has 0 spiro atoms. The quantitative estimate of drug-likeness (QED) is 0.452. The van der Waals surface area contributed by atoms with E-state index in [1.54, 1.807) is 0 Å². The second-order valence-electron chi connectivity index (χ2n) is 9.31. The molecule has 2 N–H and O–H groups in total. The lowest BCUT2D eigenvalue weighted by Crippen LogP contribution is -2.29. The third-order valence-corrected chi connectivity index (χ3v) is 7.28. The Labute approximate surface area is 211 Å². The summed E-state index contributed by atoms with van der Waals surface area (Å²) >= 11 is 5.87. The van der Waals surface area contributed by atoms with Gasteiger partial charge in [0, 0.05) is 43.1 Å². The number of hydrogen-bond acceptors (Lipinski definition) is 4. The van der Waals surface area contributed by atoms with E-state index >= 15 is 0 Å². The number of nitrogens with one attached hydrogen (secondary N) is 2. The minimum Gasteiger partial charge on any atom is -0.375 e. The van der Waals surface area contributed by atoms with Crippen molar-refractivity contribution >= 4 is 34.6 Å². The Morgan fingerprint density at radius 1 is 1.23 bits per heavy atom. The predicted octanol–water partition coefficient (Wildman–Crippen LogP) is 5.07. The standard InChI is InChI=1S/C27H31N5O2S/c1-18-15-21(10-11-22(18)29-24(33)17-34-2)32-26(19-12-14-31(16-19)20-7-3-4-8-20)25(30-27(32)35)23-9-5-6-13-28-23/h5-6,9-16,20,25-26H,3-4,7-8,17H2,1-2H3,(H,29,33)(H,30,35)/t25-,26-/m1/s1. The fourth-order valence-corrected chi connectivity index (χ4v) is 5.61. The van der Waals surface area contributed by atoms with E-state index in [9.17, 15) is 4.79 Å². The molecule has 35 heavy (non-hydrogen) atoms. The summed E-state index contributed by atoms with van der Waals surface area (Å²) < 4.78 is 7.31. The van der Waals surface area contributed by atoms with Gasteiger partial charge in [0.2, 0.25) is 5.91 Å². The van der Waals surface area contributed by atoms with Crippen LogP contribution in [0.2, 0.25) is 0 Å². The van der Waals surface area contributed by atoms with Crippen LogP contribution in [-0.4, -0.2) is 34.3 Å². The Morgan fingerprint density at radius 3 is 2.77 bits per heavy atom. The van der Waals surface area contributed by atoms with Crippen LogP contribution in [-0.2, 0) is 9.53 Å². The number of nitrogens with zero attached hydrogens (tertiary/aromatic N) is 3. The minimum atomic E-state index is -0.178. The van der Waals surface area contributed by atoms with E-state index in [0.29, 0.717) is 11.2 Å². The van der Waals surface area contributed by atoms with Crippen molar-refractivity contribution < 1.29 is 9.53 Å². The van der Waals surface area contributed by atoms with E-state index in [-0.39, 0.29) is 24.6 Å². The van der Waals surface area contributed by atoms with Crippen LogP contribution in [0.1, 0.15) is 60.6 Å². The molecule has 3 heterocycles. The average molecular weight is 490 g/mol. The fourth-order valence-electron chi connectivity index (χ4n) is 5.26. The summed E-state index contributed by atoms with van der Waals surface area (Å²) in [7, 11) is 1.51. The maximum absolute atomic E-state index is 12.0. The summed E-state index contributed by atoms with van der Waals surface area (Å²) in [6.07, 6.45) is 11.4. The summed E-state index contributed by atoms with van der Waals surface area (Å²) in [6, 6.07) is 14.7. The first-order valence-corrected chi connectivity index (χ1v) is 12.5. The number of aryl methyl sites for hydroxylation is 1. The van der Waals surface area contributed by atoms with Crippen LogP contribution in [0.3, 0.4) is 0 Å². The molecule has 1 aliphatic carbocycles. The Kier molecular flexibility index (Phi) is 6.83. The molecule has 2 fully saturated rings. The monoisotopic (exact) mass is 489 g/mol. The molecule has 1 aliphatic heterocycles. The zero-order valence-corrected chi connectivity index (χ0v) is 20.9. The van der Waals surface area contributed by atoms with Gasteiger partial charge in [0.1, 0.15) is 6.61 Å². The van der Waals surface area contributed by atoms with Gasteiger partial charge in [-0.3, -0.25) is 9.78 Å². The number of pyridine rings is 1. The molecule has 1 saturated heterocycles. The number of aromatic nitrogens is 2. The molecule has 2 aliphatic rings.